The lowest BCUT2D eigenvalue weighted by atomic mass is 10.1. The van der Waals surface area contributed by atoms with E-state index in [0.717, 1.165) is 0 Å². The highest BCUT2D eigenvalue weighted by atomic mass is 16.5. The summed E-state index contributed by atoms with van der Waals surface area (Å²) in [5.41, 5.74) is 1.00. The number of benzene rings is 2. The van der Waals surface area contributed by atoms with Gasteiger partial charge in [-0.05, 0) is 42.8 Å². The van der Waals surface area contributed by atoms with Gasteiger partial charge in [-0.15, -0.1) is 0 Å². The van der Waals surface area contributed by atoms with Crippen molar-refractivity contribution in [3.8, 4) is 23.0 Å². The molecule has 2 aromatic carbocycles. The van der Waals surface area contributed by atoms with E-state index in [9.17, 15) is 19.5 Å². The number of hydrogen-bond acceptors (Lipinski definition) is 8. The van der Waals surface area contributed by atoms with Gasteiger partial charge >= 0.3 is 5.97 Å². The van der Waals surface area contributed by atoms with Crippen LogP contribution in [0.15, 0.2) is 42.2 Å². The maximum atomic E-state index is 12.7. The quantitative estimate of drug-likeness (QED) is 0.479. The third kappa shape index (κ3) is 5.42. The van der Waals surface area contributed by atoms with Crippen molar-refractivity contribution >= 4 is 23.7 Å². The fourth-order valence-electron chi connectivity index (χ4n) is 3.10. The van der Waals surface area contributed by atoms with E-state index in [4.69, 9.17) is 24.1 Å². The summed E-state index contributed by atoms with van der Waals surface area (Å²) in [5.74, 6) is -0.741. The number of carbonyl (C=O) groups excluding carboxylic acids is 2. The molecule has 0 saturated carbocycles. The predicted molar refractivity (Wildman–Crippen MR) is 116 cm³/mol. The van der Waals surface area contributed by atoms with Crippen LogP contribution in [0.2, 0.25) is 0 Å². The first kappa shape index (κ1) is 23.6. The smallest absolute Gasteiger partial charge is 0.328 e. The number of aliphatic hydroxyl groups excluding tert-OH is 1. The zero-order valence-electron chi connectivity index (χ0n) is 18.2. The number of ether oxygens (including phenoxy) is 4. The summed E-state index contributed by atoms with van der Waals surface area (Å²) >= 11 is 0. The van der Waals surface area contributed by atoms with Crippen molar-refractivity contribution < 1.29 is 43.5 Å². The second-order valence-electron chi connectivity index (χ2n) is 7.12. The normalized spacial score (nSPS) is 15.3. The standard InChI is InChI=1S/C23H23NO9/c1-12(25)21(23(28)29)24-20(26)11-32-14-5-6-15-17(10-14)33-19(22(15)27)9-13-4-7-16(30-2)18(8-13)31-3/h4-10,12,21,25H,11H2,1-3H3,(H,24,26)(H,28,29)/t12-,21+/m0/s1. The van der Waals surface area contributed by atoms with Gasteiger partial charge in [0.05, 0.1) is 25.9 Å². The number of carbonyl (C=O) groups is 3. The van der Waals surface area contributed by atoms with E-state index in [0.29, 0.717) is 22.6 Å². The van der Waals surface area contributed by atoms with Gasteiger partial charge in [-0.2, -0.15) is 0 Å². The Bertz CT molecular complexity index is 1110. The second-order valence-corrected chi connectivity index (χ2v) is 7.12. The average Bonchev–Trinajstić information content (AvgIpc) is 3.09. The summed E-state index contributed by atoms with van der Waals surface area (Å²) in [7, 11) is 3.03. The van der Waals surface area contributed by atoms with Crippen LogP contribution >= 0.6 is 0 Å². The SMILES string of the molecule is COc1ccc(C=C2Oc3cc(OCC(=O)N[C@@H](C(=O)O)[C@H](C)O)ccc3C2=O)cc1OC. The molecule has 0 aromatic heterocycles. The van der Waals surface area contributed by atoms with Crippen LogP contribution in [-0.4, -0.2) is 60.8 Å². The first-order valence-corrected chi connectivity index (χ1v) is 9.86. The summed E-state index contributed by atoms with van der Waals surface area (Å²) < 4.78 is 21.5. The minimum atomic E-state index is -1.45. The van der Waals surface area contributed by atoms with Gasteiger partial charge in [-0.25, -0.2) is 4.79 Å². The van der Waals surface area contributed by atoms with Gasteiger partial charge < -0.3 is 34.5 Å². The highest BCUT2D eigenvalue weighted by Crippen LogP contribution is 2.36. The molecule has 0 radical (unpaired) electrons. The summed E-state index contributed by atoms with van der Waals surface area (Å²) in [5, 5.41) is 20.6. The molecule has 2 atom stereocenters. The number of rotatable bonds is 9. The number of fused-ring (bicyclic) bond motifs is 1. The first-order valence-electron chi connectivity index (χ1n) is 9.86. The van der Waals surface area contributed by atoms with Crippen molar-refractivity contribution in [1.29, 1.82) is 0 Å². The number of allylic oxidation sites excluding steroid dienone is 1. The van der Waals surface area contributed by atoms with Crippen LogP contribution in [0.3, 0.4) is 0 Å². The van der Waals surface area contributed by atoms with Gasteiger partial charge in [0.1, 0.15) is 11.5 Å². The van der Waals surface area contributed by atoms with E-state index in [2.05, 4.69) is 5.32 Å². The number of nitrogens with one attached hydrogen (secondary N) is 1. The Balaban J connectivity index is 1.69. The van der Waals surface area contributed by atoms with E-state index in [1.54, 1.807) is 24.3 Å². The highest BCUT2D eigenvalue weighted by Gasteiger charge is 2.28. The number of aliphatic carboxylic acids is 1. The van der Waals surface area contributed by atoms with Crippen LogP contribution in [0.4, 0.5) is 0 Å². The van der Waals surface area contributed by atoms with Gasteiger partial charge in [0.25, 0.3) is 5.91 Å². The zero-order chi connectivity index (χ0) is 24.1. The number of carboxylic acid groups (broad SMARTS) is 1. The van der Waals surface area contributed by atoms with Crippen molar-refractivity contribution in [3.05, 3.63) is 53.3 Å². The van der Waals surface area contributed by atoms with E-state index in [1.807, 2.05) is 0 Å². The molecule has 10 nitrogen and oxygen atoms in total. The van der Waals surface area contributed by atoms with E-state index in [1.165, 1.54) is 39.3 Å². The fourth-order valence-corrected chi connectivity index (χ4v) is 3.10. The van der Waals surface area contributed by atoms with Crippen LogP contribution in [-0.2, 0) is 9.59 Å². The second kappa shape index (κ2) is 10.0. The summed E-state index contributed by atoms with van der Waals surface area (Å²) in [4.78, 5) is 35.7. The van der Waals surface area contributed by atoms with Crippen LogP contribution in [0.1, 0.15) is 22.8 Å². The Kier molecular flexibility index (Phi) is 7.19. The Morgan fingerprint density at radius 1 is 1.12 bits per heavy atom. The Labute approximate surface area is 189 Å². The molecular weight excluding hydrogens is 434 g/mol. The fraction of sp³-hybridized carbons (Fsp3) is 0.261. The lowest BCUT2D eigenvalue weighted by molar-refractivity contribution is -0.145. The van der Waals surface area contributed by atoms with E-state index in [-0.39, 0.29) is 23.0 Å². The van der Waals surface area contributed by atoms with Crippen LogP contribution < -0.4 is 24.3 Å². The third-order valence-electron chi connectivity index (χ3n) is 4.78. The molecule has 1 heterocycles. The third-order valence-corrected chi connectivity index (χ3v) is 4.78. The van der Waals surface area contributed by atoms with Gasteiger partial charge in [0.2, 0.25) is 5.78 Å². The summed E-state index contributed by atoms with van der Waals surface area (Å²) in [6.07, 6.45) is 0.294. The van der Waals surface area contributed by atoms with Crippen LogP contribution in [0.5, 0.6) is 23.0 Å². The molecule has 0 aliphatic carbocycles. The Hall–Kier alpha value is -4.05. The Morgan fingerprint density at radius 2 is 1.85 bits per heavy atom. The Morgan fingerprint density at radius 3 is 2.48 bits per heavy atom. The van der Waals surface area contributed by atoms with Crippen LogP contribution in [0.25, 0.3) is 6.08 Å². The molecule has 33 heavy (non-hydrogen) atoms. The largest absolute Gasteiger partial charge is 0.493 e. The van der Waals surface area contributed by atoms with Crippen LogP contribution in [0, 0.1) is 0 Å². The van der Waals surface area contributed by atoms with E-state index < -0.39 is 30.6 Å². The molecule has 0 spiro atoms. The number of hydrogen-bond donors (Lipinski definition) is 3. The number of ketones is 1. The highest BCUT2D eigenvalue weighted by molar-refractivity contribution is 6.14. The maximum absolute atomic E-state index is 12.7. The maximum Gasteiger partial charge on any atom is 0.328 e. The first-order chi connectivity index (χ1) is 15.7. The minimum absolute atomic E-state index is 0.105. The predicted octanol–water partition coefficient (Wildman–Crippen LogP) is 1.65. The topological polar surface area (TPSA) is 141 Å². The van der Waals surface area contributed by atoms with E-state index >= 15 is 0 Å². The zero-order valence-corrected chi connectivity index (χ0v) is 18.2. The molecule has 1 amide bonds. The molecule has 3 N–H and O–H groups in total. The van der Waals surface area contributed by atoms with Gasteiger partial charge in [0, 0.05) is 6.07 Å². The van der Waals surface area contributed by atoms with Crippen molar-refractivity contribution in [3.63, 3.8) is 0 Å². The number of methoxy groups -OCH3 is 2. The molecular formula is C23H23NO9. The molecule has 1 aliphatic rings. The molecule has 1 aliphatic heterocycles. The monoisotopic (exact) mass is 457 g/mol. The van der Waals surface area contributed by atoms with Gasteiger partial charge in [-0.1, -0.05) is 6.07 Å². The number of carboxylic acids is 1. The number of aliphatic hydroxyl groups is 1. The van der Waals surface area contributed by atoms with Gasteiger partial charge in [0.15, 0.2) is 29.9 Å². The summed E-state index contributed by atoms with van der Waals surface area (Å²) in [6, 6.07) is 8.17. The summed E-state index contributed by atoms with van der Waals surface area (Å²) in [6.45, 7) is 0.763. The molecule has 0 saturated heterocycles. The van der Waals surface area contributed by atoms with Crippen molar-refractivity contribution in [2.45, 2.75) is 19.1 Å². The molecule has 0 fully saturated rings. The molecule has 2 aromatic rings. The lowest BCUT2D eigenvalue weighted by Crippen LogP contribution is -2.49. The molecule has 0 unspecified atom stereocenters. The van der Waals surface area contributed by atoms with Crippen molar-refractivity contribution in [2.75, 3.05) is 20.8 Å². The average molecular weight is 457 g/mol. The van der Waals surface area contributed by atoms with Crippen molar-refractivity contribution in [2.24, 2.45) is 0 Å². The lowest BCUT2D eigenvalue weighted by Gasteiger charge is -2.17. The van der Waals surface area contributed by atoms with Crippen molar-refractivity contribution in [1.82, 2.24) is 5.32 Å². The molecule has 10 heteroatoms. The molecule has 174 valence electrons. The molecule has 0 bridgehead atoms. The number of Topliss-reactive ketones (excluding diaryl/α,β-unsaturated/α-hetero) is 1. The number of amides is 1. The van der Waals surface area contributed by atoms with Gasteiger partial charge in [-0.3, -0.25) is 9.59 Å². The minimum Gasteiger partial charge on any atom is -0.493 e. The molecule has 3 rings (SSSR count).